The normalized spacial score (nSPS) is 10.4. The highest BCUT2D eigenvalue weighted by molar-refractivity contribution is 6.31. The van der Waals surface area contributed by atoms with E-state index in [4.69, 9.17) is 16.3 Å². The molecule has 8 heteroatoms. The molecular weight excluding hydrogens is 344 g/mol. The Labute approximate surface area is 151 Å². The molecule has 0 aliphatic heterocycles. The molecule has 2 N–H and O–H groups in total. The Kier molecular flexibility index (Phi) is 6.41. The number of carbonyl (C=O) groups is 2. The molecule has 7 nitrogen and oxygen atoms in total. The zero-order valence-electron chi connectivity index (χ0n) is 14.4. The molecule has 1 heterocycles. The van der Waals surface area contributed by atoms with E-state index >= 15 is 0 Å². The lowest BCUT2D eigenvalue weighted by atomic mass is 10.2. The predicted molar refractivity (Wildman–Crippen MR) is 95.9 cm³/mol. The lowest BCUT2D eigenvalue weighted by Crippen LogP contribution is -2.34. The standard InChI is InChI=1S/C17H21ClN4O3/c1-4-25-15(23)9-19-17(24)20-16-11(2)21-22(12(16)3)10-13-7-5-6-8-14(13)18/h5-8H,4,9-10H2,1-3H3,(H2,19,20,24). The first-order valence-electron chi connectivity index (χ1n) is 7.90. The van der Waals surface area contributed by atoms with Gasteiger partial charge in [-0.05, 0) is 32.4 Å². The van der Waals surface area contributed by atoms with Gasteiger partial charge in [-0.2, -0.15) is 5.10 Å². The van der Waals surface area contributed by atoms with Crippen LogP contribution >= 0.6 is 11.6 Å². The number of nitrogens with zero attached hydrogens (tertiary/aromatic N) is 2. The van der Waals surface area contributed by atoms with Crippen LogP contribution in [0.3, 0.4) is 0 Å². The molecule has 0 spiro atoms. The summed E-state index contributed by atoms with van der Waals surface area (Å²) in [5.41, 5.74) is 3.01. The van der Waals surface area contributed by atoms with Crippen molar-refractivity contribution in [2.24, 2.45) is 0 Å². The molecule has 0 aliphatic carbocycles. The maximum absolute atomic E-state index is 12.0. The molecule has 0 saturated carbocycles. The average molecular weight is 365 g/mol. The fourth-order valence-corrected chi connectivity index (χ4v) is 2.54. The molecule has 0 saturated heterocycles. The van der Waals surface area contributed by atoms with Gasteiger partial charge in [0.15, 0.2) is 0 Å². The minimum Gasteiger partial charge on any atom is -0.465 e. The monoisotopic (exact) mass is 364 g/mol. The molecule has 2 rings (SSSR count). The topological polar surface area (TPSA) is 85.2 Å². The van der Waals surface area contributed by atoms with Crippen LogP contribution in [-0.2, 0) is 16.1 Å². The van der Waals surface area contributed by atoms with Crippen LogP contribution in [-0.4, -0.2) is 34.9 Å². The summed E-state index contributed by atoms with van der Waals surface area (Å²) in [6.45, 7) is 5.95. The molecule has 25 heavy (non-hydrogen) atoms. The molecule has 134 valence electrons. The Morgan fingerprint density at radius 2 is 2.00 bits per heavy atom. The number of benzene rings is 1. The molecule has 0 bridgehead atoms. The third-order valence-electron chi connectivity index (χ3n) is 3.60. The van der Waals surface area contributed by atoms with Crippen molar-refractivity contribution in [2.75, 3.05) is 18.5 Å². The van der Waals surface area contributed by atoms with Gasteiger partial charge in [0.25, 0.3) is 0 Å². The second kappa shape index (κ2) is 8.53. The number of rotatable bonds is 6. The molecule has 0 aliphatic rings. The van der Waals surface area contributed by atoms with Gasteiger partial charge in [0.05, 0.1) is 30.2 Å². The van der Waals surface area contributed by atoms with Crippen LogP contribution < -0.4 is 10.6 Å². The smallest absolute Gasteiger partial charge is 0.325 e. The Hall–Kier alpha value is -2.54. The van der Waals surface area contributed by atoms with Gasteiger partial charge in [-0.1, -0.05) is 29.8 Å². The van der Waals surface area contributed by atoms with Crippen LogP contribution in [0.2, 0.25) is 5.02 Å². The number of hydrogen-bond acceptors (Lipinski definition) is 4. The fraction of sp³-hybridized carbons (Fsp3) is 0.353. The van der Waals surface area contributed by atoms with Crippen LogP contribution in [0.4, 0.5) is 10.5 Å². The maximum atomic E-state index is 12.0. The zero-order valence-corrected chi connectivity index (χ0v) is 15.2. The molecule has 0 radical (unpaired) electrons. The maximum Gasteiger partial charge on any atom is 0.325 e. The summed E-state index contributed by atoms with van der Waals surface area (Å²) in [6.07, 6.45) is 0. The Bertz CT molecular complexity index is 773. The van der Waals surface area contributed by atoms with Crippen molar-refractivity contribution in [3.8, 4) is 0 Å². The predicted octanol–water partition coefficient (Wildman–Crippen LogP) is 2.89. The highest BCUT2D eigenvalue weighted by Crippen LogP contribution is 2.22. The van der Waals surface area contributed by atoms with Crippen LogP contribution in [0, 0.1) is 13.8 Å². The second-order valence-electron chi connectivity index (χ2n) is 5.41. The first-order chi connectivity index (χ1) is 11.9. The molecule has 1 aromatic heterocycles. The number of nitrogens with one attached hydrogen (secondary N) is 2. The van der Waals surface area contributed by atoms with E-state index in [1.807, 2.05) is 31.2 Å². The number of esters is 1. The summed E-state index contributed by atoms with van der Waals surface area (Å²) < 4.78 is 6.54. The molecule has 0 fully saturated rings. The lowest BCUT2D eigenvalue weighted by molar-refractivity contribution is -0.141. The molecule has 2 aromatic rings. The highest BCUT2D eigenvalue weighted by Gasteiger charge is 2.15. The van der Waals surface area contributed by atoms with Crippen molar-refractivity contribution in [3.63, 3.8) is 0 Å². The molecule has 2 amide bonds. The van der Waals surface area contributed by atoms with Crippen molar-refractivity contribution in [2.45, 2.75) is 27.3 Å². The number of halogens is 1. The SMILES string of the molecule is CCOC(=O)CNC(=O)Nc1c(C)nn(Cc2ccccc2Cl)c1C. The number of anilines is 1. The summed E-state index contributed by atoms with van der Waals surface area (Å²) in [5, 5.41) is 10.3. The van der Waals surface area contributed by atoms with E-state index in [9.17, 15) is 9.59 Å². The first-order valence-corrected chi connectivity index (χ1v) is 8.28. The van der Waals surface area contributed by atoms with Crippen LogP contribution in [0.5, 0.6) is 0 Å². The Balaban J connectivity index is 2.05. The molecule has 0 unspecified atom stereocenters. The van der Waals surface area contributed by atoms with E-state index in [-0.39, 0.29) is 13.2 Å². The average Bonchev–Trinajstić information content (AvgIpc) is 2.83. The summed E-state index contributed by atoms with van der Waals surface area (Å²) in [6, 6.07) is 7.04. The second-order valence-corrected chi connectivity index (χ2v) is 5.81. The van der Waals surface area contributed by atoms with Gasteiger partial charge in [0.1, 0.15) is 6.54 Å². The van der Waals surface area contributed by atoms with Gasteiger partial charge in [-0.25, -0.2) is 4.79 Å². The largest absolute Gasteiger partial charge is 0.465 e. The molecular formula is C17H21ClN4O3. The van der Waals surface area contributed by atoms with Crippen LogP contribution in [0.1, 0.15) is 23.9 Å². The summed E-state index contributed by atoms with van der Waals surface area (Å²) in [5.74, 6) is -0.486. The van der Waals surface area contributed by atoms with E-state index < -0.39 is 12.0 Å². The van der Waals surface area contributed by atoms with E-state index in [0.717, 1.165) is 11.3 Å². The minimum atomic E-state index is -0.489. The Morgan fingerprint density at radius 3 is 2.68 bits per heavy atom. The van der Waals surface area contributed by atoms with Crippen molar-refractivity contribution >= 4 is 29.3 Å². The first kappa shape index (κ1) is 18.8. The van der Waals surface area contributed by atoms with E-state index in [2.05, 4.69) is 15.7 Å². The minimum absolute atomic E-state index is 0.189. The number of carbonyl (C=O) groups excluding carboxylic acids is 2. The van der Waals surface area contributed by atoms with Crippen molar-refractivity contribution in [3.05, 3.63) is 46.2 Å². The number of urea groups is 1. The zero-order chi connectivity index (χ0) is 18.4. The van der Waals surface area contributed by atoms with E-state index in [1.54, 1.807) is 18.5 Å². The number of amides is 2. The van der Waals surface area contributed by atoms with Crippen LogP contribution in [0.25, 0.3) is 0 Å². The Morgan fingerprint density at radius 1 is 1.28 bits per heavy atom. The van der Waals surface area contributed by atoms with E-state index in [1.165, 1.54) is 0 Å². The van der Waals surface area contributed by atoms with Gasteiger partial charge >= 0.3 is 12.0 Å². The summed E-state index contributed by atoms with van der Waals surface area (Å²) in [4.78, 5) is 23.2. The van der Waals surface area contributed by atoms with Gasteiger partial charge in [-0.15, -0.1) is 0 Å². The third kappa shape index (κ3) is 4.96. The fourth-order valence-electron chi connectivity index (χ4n) is 2.34. The number of hydrogen-bond donors (Lipinski definition) is 2. The quantitative estimate of drug-likeness (QED) is 0.772. The number of aromatic nitrogens is 2. The number of aryl methyl sites for hydroxylation is 1. The number of ether oxygens (including phenoxy) is 1. The highest BCUT2D eigenvalue weighted by atomic mass is 35.5. The lowest BCUT2D eigenvalue weighted by Gasteiger charge is -2.09. The van der Waals surface area contributed by atoms with Gasteiger partial charge in [0.2, 0.25) is 0 Å². The van der Waals surface area contributed by atoms with Gasteiger partial charge < -0.3 is 15.4 Å². The third-order valence-corrected chi connectivity index (χ3v) is 3.97. The van der Waals surface area contributed by atoms with E-state index in [0.29, 0.717) is 22.9 Å². The van der Waals surface area contributed by atoms with Crippen molar-refractivity contribution in [1.82, 2.24) is 15.1 Å². The van der Waals surface area contributed by atoms with Gasteiger partial charge in [0, 0.05) is 5.02 Å². The van der Waals surface area contributed by atoms with Crippen LogP contribution in [0.15, 0.2) is 24.3 Å². The summed E-state index contributed by atoms with van der Waals surface area (Å²) in [7, 11) is 0. The summed E-state index contributed by atoms with van der Waals surface area (Å²) >= 11 is 6.19. The molecule has 1 aromatic carbocycles. The van der Waals surface area contributed by atoms with Crippen molar-refractivity contribution < 1.29 is 14.3 Å². The van der Waals surface area contributed by atoms with Crippen molar-refractivity contribution in [1.29, 1.82) is 0 Å². The molecule has 0 atom stereocenters. The van der Waals surface area contributed by atoms with Gasteiger partial charge in [-0.3, -0.25) is 9.48 Å².